The molecule has 0 saturated heterocycles. The summed E-state index contributed by atoms with van der Waals surface area (Å²) in [4.78, 5) is 10.3. The Hall–Kier alpha value is -2.19. The molecule has 2 unspecified atom stereocenters. The van der Waals surface area contributed by atoms with Gasteiger partial charge < -0.3 is 14.8 Å². The number of aromatic nitrogens is 4. The van der Waals surface area contributed by atoms with Gasteiger partial charge in [0.2, 0.25) is 6.41 Å². The summed E-state index contributed by atoms with van der Waals surface area (Å²) >= 11 is 0. The molecular weight excluding hydrogens is 334 g/mol. The van der Waals surface area contributed by atoms with E-state index in [4.69, 9.17) is 9.47 Å². The zero-order chi connectivity index (χ0) is 18.9. The van der Waals surface area contributed by atoms with Gasteiger partial charge in [-0.2, -0.15) is 10.2 Å². The lowest BCUT2D eigenvalue weighted by Gasteiger charge is -2.09. The number of hydrogen-bond acceptors (Lipinski definition) is 5. The van der Waals surface area contributed by atoms with Gasteiger partial charge in [-0.15, -0.1) is 0 Å². The van der Waals surface area contributed by atoms with Crippen molar-refractivity contribution in [2.24, 2.45) is 7.05 Å². The van der Waals surface area contributed by atoms with Gasteiger partial charge in [-0.05, 0) is 39.2 Å². The molecule has 1 aliphatic rings. The van der Waals surface area contributed by atoms with Crippen molar-refractivity contribution in [3.63, 3.8) is 0 Å². The van der Waals surface area contributed by atoms with Crippen LogP contribution >= 0.6 is 0 Å². The Morgan fingerprint density at radius 3 is 2.85 bits per heavy atom. The van der Waals surface area contributed by atoms with Crippen LogP contribution in [-0.4, -0.2) is 46.2 Å². The number of aryl methyl sites for hydroxylation is 2. The third-order valence-corrected chi connectivity index (χ3v) is 4.49. The van der Waals surface area contributed by atoms with E-state index >= 15 is 0 Å². The predicted octanol–water partition coefficient (Wildman–Crippen LogP) is 2.53. The Morgan fingerprint density at radius 1 is 1.42 bits per heavy atom. The molecule has 1 fully saturated rings. The molecule has 2 N–H and O–H groups in total. The Kier molecular flexibility index (Phi) is 7.80. The third kappa shape index (κ3) is 5.67. The standard InChI is InChI=1S/C11H17N3O2.C7H12N2O/c1-2-16-9-4-3-8(5-9)10-6-11(12-7-15)14-13-10;1-6-4-7(5-10-3)8-9(6)2/h6-9H,2-5H2,1H3,(H2,12,13,14,15);4H,5H2,1-3H3. The minimum atomic E-state index is 0.376. The van der Waals surface area contributed by atoms with Crippen LogP contribution in [0.25, 0.3) is 0 Å². The number of carbonyl (C=O) groups excluding carboxylic acids is 1. The Balaban J connectivity index is 0.000000209. The molecular formula is C18H29N5O3. The molecule has 2 heterocycles. The van der Waals surface area contributed by atoms with Crippen molar-refractivity contribution in [3.8, 4) is 0 Å². The van der Waals surface area contributed by atoms with Crippen molar-refractivity contribution in [3.05, 3.63) is 29.2 Å². The minimum Gasteiger partial charge on any atom is -0.378 e. The highest BCUT2D eigenvalue weighted by Crippen LogP contribution is 2.35. The molecule has 0 radical (unpaired) electrons. The van der Waals surface area contributed by atoms with Gasteiger partial charge in [-0.3, -0.25) is 14.6 Å². The first kappa shape index (κ1) is 20.1. The molecule has 0 spiro atoms. The van der Waals surface area contributed by atoms with E-state index in [0.717, 1.165) is 43.0 Å². The lowest BCUT2D eigenvalue weighted by Crippen LogP contribution is -2.07. The molecule has 2 atom stereocenters. The van der Waals surface area contributed by atoms with Gasteiger partial charge in [0.15, 0.2) is 5.82 Å². The van der Waals surface area contributed by atoms with Crippen molar-refractivity contribution in [1.29, 1.82) is 0 Å². The molecule has 8 nitrogen and oxygen atoms in total. The average Bonchev–Trinajstić information content (AvgIpc) is 3.31. The number of methoxy groups -OCH3 is 1. The molecule has 144 valence electrons. The predicted molar refractivity (Wildman–Crippen MR) is 98.9 cm³/mol. The normalized spacial score (nSPS) is 19.1. The molecule has 3 rings (SSSR count). The summed E-state index contributed by atoms with van der Waals surface area (Å²) in [5.41, 5.74) is 3.24. The topological polar surface area (TPSA) is 94.1 Å². The van der Waals surface area contributed by atoms with E-state index in [0.29, 0.717) is 30.9 Å². The quantitative estimate of drug-likeness (QED) is 0.737. The van der Waals surface area contributed by atoms with Crippen LogP contribution in [0.15, 0.2) is 12.1 Å². The van der Waals surface area contributed by atoms with E-state index < -0.39 is 0 Å². The third-order valence-electron chi connectivity index (χ3n) is 4.49. The number of carbonyl (C=O) groups is 1. The van der Waals surface area contributed by atoms with Gasteiger partial charge in [0.05, 0.1) is 18.4 Å². The maximum absolute atomic E-state index is 10.3. The van der Waals surface area contributed by atoms with Crippen LogP contribution in [0.2, 0.25) is 0 Å². The number of aromatic amines is 1. The van der Waals surface area contributed by atoms with Crippen LogP contribution in [0.5, 0.6) is 0 Å². The van der Waals surface area contributed by atoms with Crippen molar-refractivity contribution in [1.82, 2.24) is 20.0 Å². The molecule has 2 aromatic heterocycles. The van der Waals surface area contributed by atoms with Crippen molar-refractivity contribution < 1.29 is 14.3 Å². The second-order valence-electron chi connectivity index (χ2n) is 6.39. The minimum absolute atomic E-state index is 0.376. The first-order valence-corrected chi connectivity index (χ1v) is 8.92. The first-order valence-electron chi connectivity index (χ1n) is 8.92. The van der Waals surface area contributed by atoms with Crippen LogP contribution in [0.4, 0.5) is 5.82 Å². The van der Waals surface area contributed by atoms with Crippen LogP contribution in [0.3, 0.4) is 0 Å². The molecule has 1 aliphatic carbocycles. The maximum Gasteiger partial charge on any atom is 0.212 e. The fourth-order valence-corrected chi connectivity index (χ4v) is 3.14. The Morgan fingerprint density at radius 2 is 2.23 bits per heavy atom. The monoisotopic (exact) mass is 363 g/mol. The zero-order valence-corrected chi connectivity index (χ0v) is 16.0. The largest absolute Gasteiger partial charge is 0.378 e. The molecule has 2 aromatic rings. The Labute approximate surface area is 154 Å². The fraction of sp³-hybridized carbons (Fsp3) is 0.611. The Bertz CT molecular complexity index is 663. The highest BCUT2D eigenvalue weighted by atomic mass is 16.5. The summed E-state index contributed by atoms with van der Waals surface area (Å²) in [7, 11) is 3.60. The van der Waals surface area contributed by atoms with Crippen LogP contribution in [0.1, 0.15) is 49.2 Å². The van der Waals surface area contributed by atoms with E-state index in [2.05, 4.69) is 20.6 Å². The number of ether oxygens (including phenoxy) is 2. The van der Waals surface area contributed by atoms with Gasteiger partial charge in [-0.25, -0.2) is 0 Å². The molecule has 0 bridgehead atoms. The number of H-pyrrole nitrogens is 1. The summed E-state index contributed by atoms with van der Waals surface area (Å²) in [5.74, 6) is 1.07. The van der Waals surface area contributed by atoms with Crippen LogP contribution < -0.4 is 5.32 Å². The van der Waals surface area contributed by atoms with Gasteiger partial charge >= 0.3 is 0 Å². The van der Waals surface area contributed by atoms with Gasteiger partial charge in [-0.1, -0.05) is 0 Å². The lowest BCUT2D eigenvalue weighted by atomic mass is 10.0. The van der Waals surface area contributed by atoms with Crippen molar-refractivity contribution >= 4 is 12.2 Å². The fourth-order valence-electron chi connectivity index (χ4n) is 3.14. The first-order chi connectivity index (χ1) is 12.6. The van der Waals surface area contributed by atoms with Gasteiger partial charge in [0.1, 0.15) is 0 Å². The number of hydrogen-bond donors (Lipinski definition) is 2. The molecule has 1 amide bonds. The summed E-state index contributed by atoms with van der Waals surface area (Å²) in [6, 6.07) is 3.91. The van der Waals surface area contributed by atoms with Crippen LogP contribution in [-0.2, 0) is 27.9 Å². The van der Waals surface area contributed by atoms with E-state index in [1.807, 2.05) is 37.7 Å². The second-order valence-corrected chi connectivity index (χ2v) is 6.39. The van der Waals surface area contributed by atoms with E-state index in [1.165, 1.54) is 0 Å². The van der Waals surface area contributed by atoms with Crippen molar-refractivity contribution in [2.45, 2.75) is 51.7 Å². The SMILES string of the molecule is CCOC1CCC(c2cc(NC=O)n[nH]2)C1.COCc1cc(C)n(C)n1. The zero-order valence-electron chi connectivity index (χ0n) is 16.0. The second kappa shape index (κ2) is 10.1. The summed E-state index contributed by atoms with van der Waals surface area (Å²) in [6.07, 6.45) is 4.27. The number of amides is 1. The highest BCUT2D eigenvalue weighted by molar-refractivity contribution is 5.68. The maximum atomic E-state index is 10.3. The number of anilines is 1. The molecule has 0 aromatic carbocycles. The molecule has 0 aliphatic heterocycles. The number of rotatable bonds is 7. The van der Waals surface area contributed by atoms with E-state index in [-0.39, 0.29) is 0 Å². The van der Waals surface area contributed by atoms with E-state index in [9.17, 15) is 4.79 Å². The van der Waals surface area contributed by atoms with Crippen LogP contribution in [0, 0.1) is 6.92 Å². The average molecular weight is 363 g/mol. The summed E-state index contributed by atoms with van der Waals surface area (Å²) < 4.78 is 12.4. The lowest BCUT2D eigenvalue weighted by molar-refractivity contribution is -0.105. The summed E-state index contributed by atoms with van der Waals surface area (Å²) in [5, 5.41) is 13.7. The highest BCUT2D eigenvalue weighted by Gasteiger charge is 2.27. The number of nitrogens with one attached hydrogen (secondary N) is 2. The van der Waals surface area contributed by atoms with E-state index in [1.54, 1.807) is 7.11 Å². The van der Waals surface area contributed by atoms with Gasteiger partial charge in [0, 0.05) is 44.1 Å². The number of nitrogens with zero attached hydrogens (tertiary/aromatic N) is 3. The molecule has 1 saturated carbocycles. The molecule has 8 heteroatoms. The summed E-state index contributed by atoms with van der Waals surface area (Å²) in [6.45, 7) is 5.42. The van der Waals surface area contributed by atoms with Crippen molar-refractivity contribution in [2.75, 3.05) is 19.0 Å². The smallest absolute Gasteiger partial charge is 0.212 e. The van der Waals surface area contributed by atoms with Gasteiger partial charge in [0.25, 0.3) is 0 Å². The molecule has 26 heavy (non-hydrogen) atoms.